The van der Waals surface area contributed by atoms with E-state index in [0.717, 1.165) is 33.8 Å². The van der Waals surface area contributed by atoms with Crippen molar-refractivity contribution in [1.29, 1.82) is 0 Å². The number of pyridine rings is 1. The number of sulfonamides is 1. The van der Waals surface area contributed by atoms with Crippen LogP contribution in [-0.4, -0.2) is 54.6 Å². The van der Waals surface area contributed by atoms with Gasteiger partial charge in [0.05, 0.1) is 36.5 Å². The second-order valence-corrected chi connectivity index (χ2v) is 13.6. The normalized spacial score (nSPS) is 11.6. The Morgan fingerprint density at radius 1 is 0.939 bits per heavy atom. The number of methoxy groups -OCH3 is 1. The van der Waals surface area contributed by atoms with Crippen LogP contribution >= 0.6 is 0 Å². The van der Waals surface area contributed by atoms with Crippen LogP contribution in [0.3, 0.4) is 0 Å². The van der Waals surface area contributed by atoms with E-state index in [1.807, 2.05) is 12.1 Å². The number of fused-ring (bicyclic) bond motifs is 2. The molecule has 49 heavy (non-hydrogen) atoms. The van der Waals surface area contributed by atoms with Crippen molar-refractivity contribution in [2.24, 2.45) is 0 Å². The molecule has 0 atom stereocenters. The molecule has 0 saturated carbocycles. The Morgan fingerprint density at radius 2 is 1.61 bits per heavy atom. The molecule has 252 valence electrons. The van der Waals surface area contributed by atoms with Gasteiger partial charge in [-0.15, -0.1) is 0 Å². The Labute approximate surface area is 280 Å². The Bertz CT molecular complexity index is 2320. The maximum Gasteiger partial charge on any atom is 0.336 e. The van der Waals surface area contributed by atoms with Crippen LogP contribution in [0.4, 0.5) is 14.5 Å². The lowest BCUT2D eigenvalue weighted by molar-refractivity contribution is 0.0695. The van der Waals surface area contributed by atoms with Gasteiger partial charge in [-0.05, 0) is 71.1 Å². The average Bonchev–Trinajstić information content (AvgIpc) is 3.39. The van der Waals surface area contributed by atoms with Gasteiger partial charge in [0.2, 0.25) is 15.9 Å². The molecule has 0 spiro atoms. The number of carbonyl (C=O) groups is 1. The highest BCUT2D eigenvalue weighted by Gasteiger charge is 2.28. The standard InChI is InChI=1S/C36H31F2N3O7S/c1-40(49(3,45)46)33-29-15-23(14-21-4-9-25(37)10-5-21)17-39-32(29)34(48-20-22-6-12-27(47-2)13-7-22)31-30(33)19-41(35(31)42)18-24-8-11-26(38)16-28(24)36(43)44/h4-13,15-17,19,42H,14,18,20H2,1-3H3,(H,43,44). The zero-order chi connectivity index (χ0) is 35.0. The first-order valence-electron chi connectivity index (χ1n) is 15.0. The third-order valence-electron chi connectivity index (χ3n) is 8.27. The fourth-order valence-electron chi connectivity index (χ4n) is 5.73. The molecular weight excluding hydrogens is 656 g/mol. The van der Waals surface area contributed by atoms with Crippen molar-refractivity contribution in [2.75, 3.05) is 24.7 Å². The highest BCUT2D eigenvalue weighted by Crippen LogP contribution is 2.48. The summed E-state index contributed by atoms with van der Waals surface area (Å²) in [6.45, 7) is -0.151. The van der Waals surface area contributed by atoms with Crippen LogP contribution in [0, 0.1) is 11.6 Å². The average molecular weight is 688 g/mol. The van der Waals surface area contributed by atoms with Crippen molar-refractivity contribution in [2.45, 2.75) is 19.6 Å². The van der Waals surface area contributed by atoms with Gasteiger partial charge < -0.3 is 24.3 Å². The Hall–Kier alpha value is -5.69. The Morgan fingerprint density at radius 3 is 2.27 bits per heavy atom. The fourth-order valence-corrected chi connectivity index (χ4v) is 6.26. The molecule has 0 saturated heterocycles. The summed E-state index contributed by atoms with van der Waals surface area (Å²) in [5.74, 6) is -2.00. The van der Waals surface area contributed by atoms with E-state index in [1.165, 1.54) is 36.0 Å². The highest BCUT2D eigenvalue weighted by molar-refractivity contribution is 7.92. The molecule has 0 aliphatic heterocycles. The van der Waals surface area contributed by atoms with Gasteiger partial charge in [0.15, 0.2) is 5.75 Å². The first-order valence-corrected chi connectivity index (χ1v) is 16.8. The topological polar surface area (TPSA) is 131 Å². The minimum Gasteiger partial charge on any atom is -0.497 e. The lowest BCUT2D eigenvalue weighted by Crippen LogP contribution is -2.25. The summed E-state index contributed by atoms with van der Waals surface area (Å²) >= 11 is 0. The van der Waals surface area contributed by atoms with Crippen LogP contribution in [0.5, 0.6) is 17.4 Å². The van der Waals surface area contributed by atoms with Crippen LogP contribution < -0.4 is 13.8 Å². The van der Waals surface area contributed by atoms with Crippen LogP contribution in [0.25, 0.3) is 21.7 Å². The molecule has 0 bridgehead atoms. The maximum absolute atomic E-state index is 14.0. The van der Waals surface area contributed by atoms with Crippen LogP contribution in [0.15, 0.2) is 85.2 Å². The molecule has 0 radical (unpaired) electrons. The minimum absolute atomic E-state index is 0.0419. The molecule has 4 aromatic carbocycles. The second kappa shape index (κ2) is 13.1. The summed E-state index contributed by atoms with van der Waals surface area (Å²) < 4.78 is 67.8. The molecule has 0 aliphatic carbocycles. The number of nitrogens with zero attached hydrogens (tertiary/aromatic N) is 3. The van der Waals surface area contributed by atoms with Crippen molar-refractivity contribution in [1.82, 2.24) is 9.55 Å². The molecule has 0 aliphatic rings. The van der Waals surface area contributed by atoms with E-state index in [4.69, 9.17) is 14.5 Å². The van der Waals surface area contributed by atoms with Crippen molar-refractivity contribution in [3.8, 4) is 17.4 Å². The fraction of sp³-hybridized carbons (Fsp3) is 0.167. The van der Waals surface area contributed by atoms with Gasteiger partial charge in [-0.25, -0.2) is 22.0 Å². The van der Waals surface area contributed by atoms with Crippen LogP contribution in [0.2, 0.25) is 0 Å². The van der Waals surface area contributed by atoms with Gasteiger partial charge in [0.25, 0.3) is 0 Å². The summed E-state index contributed by atoms with van der Waals surface area (Å²) in [7, 11) is -0.941. The van der Waals surface area contributed by atoms with Gasteiger partial charge in [-0.1, -0.05) is 30.3 Å². The number of benzene rings is 4. The number of carboxylic acid groups (broad SMARTS) is 1. The lowest BCUT2D eigenvalue weighted by Gasteiger charge is -2.22. The first kappa shape index (κ1) is 33.2. The molecule has 2 N–H and O–H groups in total. The van der Waals surface area contributed by atoms with Gasteiger partial charge in [-0.2, -0.15) is 0 Å². The minimum atomic E-state index is -3.87. The third kappa shape index (κ3) is 6.70. The van der Waals surface area contributed by atoms with E-state index < -0.39 is 21.8 Å². The van der Waals surface area contributed by atoms with E-state index in [-0.39, 0.29) is 63.7 Å². The number of ether oxygens (including phenoxy) is 2. The number of carboxylic acids is 1. The van der Waals surface area contributed by atoms with E-state index in [2.05, 4.69) is 0 Å². The maximum atomic E-state index is 14.0. The number of aromatic carboxylic acids is 1. The lowest BCUT2D eigenvalue weighted by atomic mass is 10.0. The first-order chi connectivity index (χ1) is 23.3. The van der Waals surface area contributed by atoms with Gasteiger partial charge in [-0.3, -0.25) is 9.29 Å². The van der Waals surface area contributed by atoms with E-state index in [0.29, 0.717) is 23.1 Å². The van der Waals surface area contributed by atoms with Crippen molar-refractivity contribution in [3.05, 3.63) is 125 Å². The largest absolute Gasteiger partial charge is 0.497 e. The number of rotatable bonds is 11. The molecule has 0 fully saturated rings. The van der Waals surface area contributed by atoms with Gasteiger partial charge in [0, 0.05) is 30.2 Å². The number of hydrogen-bond donors (Lipinski definition) is 2. The monoisotopic (exact) mass is 687 g/mol. The zero-order valence-electron chi connectivity index (χ0n) is 26.6. The van der Waals surface area contributed by atoms with Crippen molar-refractivity contribution >= 4 is 43.4 Å². The summed E-state index contributed by atoms with van der Waals surface area (Å²) in [6.07, 6.45) is 4.51. The molecule has 0 unspecified atom stereocenters. The van der Waals surface area contributed by atoms with Gasteiger partial charge in [0.1, 0.15) is 29.5 Å². The molecule has 2 aromatic heterocycles. The van der Waals surface area contributed by atoms with Crippen molar-refractivity contribution < 1.29 is 41.7 Å². The van der Waals surface area contributed by atoms with Crippen molar-refractivity contribution in [3.63, 3.8) is 0 Å². The SMILES string of the molecule is COc1ccc(COc2c3ncc(Cc4ccc(F)cc4)cc3c(N(C)S(C)(=O)=O)c3cn(Cc4ccc(F)cc4C(=O)O)c(O)c23)cc1. The van der Waals surface area contributed by atoms with Crippen LogP contribution in [0.1, 0.15) is 32.6 Å². The molecular formula is C36H31F2N3O7S. The zero-order valence-corrected chi connectivity index (χ0v) is 27.5. The third-order valence-corrected chi connectivity index (χ3v) is 9.44. The molecule has 6 rings (SSSR count). The number of halogens is 2. The summed E-state index contributed by atoms with van der Waals surface area (Å²) in [5, 5.41) is 22.3. The number of aromatic hydroxyl groups is 1. The smallest absolute Gasteiger partial charge is 0.336 e. The summed E-state index contributed by atoms with van der Waals surface area (Å²) in [4.78, 5) is 16.7. The molecule has 2 heterocycles. The second-order valence-electron chi connectivity index (χ2n) is 11.6. The quantitative estimate of drug-likeness (QED) is 0.158. The predicted molar refractivity (Wildman–Crippen MR) is 181 cm³/mol. The molecule has 0 amide bonds. The Balaban J connectivity index is 1.59. The molecule has 6 aromatic rings. The summed E-state index contributed by atoms with van der Waals surface area (Å²) in [5.41, 5.74) is 2.63. The van der Waals surface area contributed by atoms with E-state index in [1.54, 1.807) is 43.6 Å². The predicted octanol–water partition coefficient (Wildman–Crippen LogP) is 6.49. The number of hydrogen-bond acceptors (Lipinski definition) is 7. The summed E-state index contributed by atoms with van der Waals surface area (Å²) in [6, 6.07) is 18.3. The van der Waals surface area contributed by atoms with E-state index >= 15 is 0 Å². The molecule has 13 heteroatoms. The Kier molecular flexibility index (Phi) is 8.86. The molecule has 10 nitrogen and oxygen atoms in total. The van der Waals surface area contributed by atoms with E-state index in [9.17, 15) is 32.2 Å². The highest BCUT2D eigenvalue weighted by atomic mass is 32.2. The number of aromatic nitrogens is 2. The van der Waals surface area contributed by atoms with Gasteiger partial charge >= 0.3 is 5.97 Å². The van der Waals surface area contributed by atoms with Crippen LogP contribution in [-0.2, 0) is 29.6 Å². The number of anilines is 1.